The molecule has 0 fully saturated rings. The van der Waals surface area contributed by atoms with Gasteiger partial charge in [-0.2, -0.15) is 0 Å². The molecule has 0 amide bonds. The first-order chi connectivity index (χ1) is 13.6. The Morgan fingerprint density at radius 2 is 1.79 bits per heavy atom. The average Bonchev–Trinajstić information content (AvgIpc) is 3.25. The van der Waals surface area contributed by atoms with Gasteiger partial charge in [0.05, 0.1) is 18.4 Å². The van der Waals surface area contributed by atoms with Crippen LogP contribution in [-0.2, 0) is 17.7 Å². The van der Waals surface area contributed by atoms with Crippen LogP contribution in [0.4, 0.5) is 5.69 Å². The molecule has 1 N–H and O–H groups in total. The van der Waals surface area contributed by atoms with Crippen molar-refractivity contribution in [3.05, 3.63) is 89.4 Å². The summed E-state index contributed by atoms with van der Waals surface area (Å²) < 4.78 is 10.7. The van der Waals surface area contributed by atoms with E-state index in [0.717, 1.165) is 17.7 Å². The first-order valence-electron chi connectivity index (χ1n) is 9.28. The Hall–Kier alpha value is -3.34. The smallest absolute Gasteiger partial charge is 0.340 e. The zero-order valence-electron chi connectivity index (χ0n) is 16.0. The van der Waals surface area contributed by atoms with Gasteiger partial charge in [-0.15, -0.1) is 0 Å². The monoisotopic (exact) mass is 377 g/mol. The van der Waals surface area contributed by atoms with Gasteiger partial charge >= 0.3 is 5.97 Å². The van der Waals surface area contributed by atoms with Crippen LogP contribution in [-0.4, -0.2) is 17.9 Å². The maximum absolute atomic E-state index is 12.6. The van der Waals surface area contributed by atoms with Crippen LogP contribution in [0.15, 0.2) is 71.3 Å². The molecule has 5 nitrogen and oxygen atoms in total. The minimum atomic E-state index is -0.877. The highest BCUT2D eigenvalue weighted by Gasteiger charge is 2.22. The Kier molecular flexibility index (Phi) is 6.27. The fraction of sp³-hybridized carbons (Fsp3) is 0.217. The number of hydrogen-bond acceptors (Lipinski definition) is 5. The molecule has 0 aliphatic rings. The number of carbonyl (C=O) groups excluding carboxylic acids is 2. The second kappa shape index (κ2) is 9.04. The van der Waals surface area contributed by atoms with Gasteiger partial charge in [-0.25, -0.2) is 4.79 Å². The standard InChI is InChI=1S/C23H23NO4/c1-3-17-10-12-18(13-11-17)22(25)16(2)28-23(26)20-8-4-5-9-21(20)24-15-19-7-6-14-27-19/h4-14,16,24H,3,15H2,1-2H3/t16-/m1/s1. The molecule has 0 aliphatic heterocycles. The van der Waals surface area contributed by atoms with Crippen LogP contribution in [0.25, 0.3) is 0 Å². The molecule has 0 bridgehead atoms. The van der Waals surface area contributed by atoms with Gasteiger partial charge in [-0.1, -0.05) is 43.3 Å². The van der Waals surface area contributed by atoms with Crippen molar-refractivity contribution in [1.82, 2.24) is 0 Å². The van der Waals surface area contributed by atoms with Crippen LogP contribution in [0.3, 0.4) is 0 Å². The number of ketones is 1. The van der Waals surface area contributed by atoms with E-state index in [-0.39, 0.29) is 5.78 Å². The molecule has 5 heteroatoms. The Bertz CT molecular complexity index is 930. The number of carbonyl (C=O) groups is 2. The molecule has 28 heavy (non-hydrogen) atoms. The third-order valence-corrected chi connectivity index (χ3v) is 4.48. The number of hydrogen-bond donors (Lipinski definition) is 1. The van der Waals surface area contributed by atoms with E-state index in [1.807, 2.05) is 24.3 Å². The summed E-state index contributed by atoms with van der Waals surface area (Å²) in [5.41, 5.74) is 2.67. The molecule has 0 saturated heterocycles. The van der Waals surface area contributed by atoms with E-state index in [1.54, 1.807) is 49.6 Å². The molecule has 0 saturated carbocycles. The molecule has 2 aromatic carbocycles. The quantitative estimate of drug-likeness (QED) is 0.447. The van der Waals surface area contributed by atoms with Crippen LogP contribution < -0.4 is 5.32 Å². The van der Waals surface area contributed by atoms with Gasteiger partial charge in [-0.3, -0.25) is 4.79 Å². The van der Waals surface area contributed by atoms with Crippen LogP contribution in [0.1, 0.15) is 45.9 Å². The van der Waals surface area contributed by atoms with Gasteiger partial charge < -0.3 is 14.5 Å². The van der Waals surface area contributed by atoms with Crippen molar-refractivity contribution in [2.45, 2.75) is 32.9 Å². The summed E-state index contributed by atoms with van der Waals surface area (Å²) in [6, 6.07) is 18.0. The van der Waals surface area contributed by atoms with E-state index in [1.165, 1.54) is 0 Å². The number of furan rings is 1. The number of anilines is 1. The number of Topliss-reactive ketones (excluding diaryl/α,β-unsaturated/α-hetero) is 1. The van der Waals surface area contributed by atoms with Crippen molar-refractivity contribution in [2.24, 2.45) is 0 Å². The van der Waals surface area contributed by atoms with Crippen LogP contribution in [0.5, 0.6) is 0 Å². The van der Waals surface area contributed by atoms with Gasteiger partial charge in [0.1, 0.15) is 5.76 Å². The Morgan fingerprint density at radius 1 is 1.04 bits per heavy atom. The number of benzene rings is 2. The van der Waals surface area contributed by atoms with Gasteiger partial charge in [0.25, 0.3) is 0 Å². The first-order valence-corrected chi connectivity index (χ1v) is 9.28. The second-order valence-electron chi connectivity index (χ2n) is 6.44. The van der Waals surface area contributed by atoms with Crippen molar-refractivity contribution in [3.63, 3.8) is 0 Å². The third-order valence-electron chi connectivity index (χ3n) is 4.48. The largest absolute Gasteiger partial charge is 0.467 e. The van der Waals surface area contributed by atoms with Crippen molar-refractivity contribution in [3.8, 4) is 0 Å². The maximum Gasteiger partial charge on any atom is 0.340 e. The summed E-state index contributed by atoms with van der Waals surface area (Å²) >= 11 is 0. The van der Waals surface area contributed by atoms with E-state index < -0.39 is 12.1 Å². The molecule has 1 atom stereocenters. The summed E-state index contributed by atoms with van der Waals surface area (Å²) in [6.07, 6.45) is 1.62. The highest BCUT2D eigenvalue weighted by atomic mass is 16.5. The summed E-state index contributed by atoms with van der Waals surface area (Å²) in [4.78, 5) is 25.2. The van der Waals surface area contributed by atoms with Crippen LogP contribution in [0, 0.1) is 0 Å². The molecule has 0 radical (unpaired) electrons. The number of ether oxygens (including phenoxy) is 1. The Balaban J connectivity index is 1.67. The number of rotatable bonds is 8. The summed E-state index contributed by atoms with van der Waals surface area (Å²) in [5, 5.41) is 3.16. The maximum atomic E-state index is 12.6. The first kappa shape index (κ1) is 19.4. The summed E-state index contributed by atoms with van der Waals surface area (Å²) in [6.45, 7) is 4.08. The highest BCUT2D eigenvalue weighted by molar-refractivity contribution is 6.02. The topological polar surface area (TPSA) is 68.5 Å². The fourth-order valence-electron chi connectivity index (χ4n) is 2.83. The molecule has 0 spiro atoms. The minimum Gasteiger partial charge on any atom is -0.467 e. The molecule has 1 heterocycles. The van der Waals surface area contributed by atoms with Crippen LogP contribution in [0.2, 0.25) is 0 Å². The number of aryl methyl sites for hydroxylation is 1. The van der Waals surface area contributed by atoms with E-state index in [2.05, 4.69) is 12.2 Å². The zero-order chi connectivity index (χ0) is 19.9. The van der Waals surface area contributed by atoms with E-state index in [9.17, 15) is 9.59 Å². The van der Waals surface area contributed by atoms with E-state index in [4.69, 9.17) is 9.15 Å². The van der Waals surface area contributed by atoms with Crippen molar-refractivity contribution in [2.75, 3.05) is 5.32 Å². The molecule has 0 aliphatic carbocycles. The summed E-state index contributed by atoms with van der Waals surface area (Å²) in [5.74, 6) is -0.0205. The van der Waals surface area contributed by atoms with Gasteiger partial charge in [0.2, 0.25) is 5.78 Å². The molecular weight excluding hydrogens is 354 g/mol. The van der Waals surface area contributed by atoms with E-state index in [0.29, 0.717) is 23.4 Å². The Morgan fingerprint density at radius 3 is 2.46 bits per heavy atom. The van der Waals surface area contributed by atoms with E-state index >= 15 is 0 Å². The van der Waals surface area contributed by atoms with Crippen LogP contribution >= 0.6 is 0 Å². The lowest BCUT2D eigenvalue weighted by molar-refractivity contribution is 0.0319. The van der Waals surface area contributed by atoms with Gasteiger partial charge in [0, 0.05) is 11.3 Å². The molecule has 3 rings (SSSR count). The highest BCUT2D eigenvalue weighted by Crippen LogP contribution is 2.19. The van der Waals surface area contributed by atoms with Gasteiger partial charge in [-0.05, 0) is 43.2 Å². The lowest BCUT2D eigenvalue weighted by atomic mass is 10.0. The number of esters is 1. The number of nitrogens with one attached hydrogen (secondary N) is 1. The molecule has 144 valence electrons. The lowest BCUT2D eigenvalue weighted by Crippen LogP contribution is -2.25. The predicted molar refractivity (Wildman–Crippen MR) is 108 cm³/mol. The Labute approximate surface area is 164 Å². The fourth-order valence-corrected chi connectivity index (χ4v) is 2.83. The van der Waals surface area contributed by atoms with Gasteiger partial charge in [0.15, 0.2) is 6.10 Å². The average molecular weight is 377 g/mol. The van der Waals surface area contributed by atoms with Crippen molar-refractivity contribution in [1.29, 1.82) is 0 Å². The SMILES string of the molecule is CCc1ccc(C(=O)[C@@H](C)OC(=O)c2ccccc2NCc2ccco2)cc1. The lowest BCUT2D eigenvalue weighted by Gasteiger charge is -2.15. The van der Waals surface area contributed by atoms with Crippen molar-refractivity contribution >= 4 is 17.4 Å². The molecule has 1 aromatic heterocycles. The van der Waals surface area contributed by atoms with Crippen molar-refractivity contribution < 1.29 is 18.7 Å². The molecular formula is C23H23NO4. The second-order valence-corrected chi connectivity index (χ2v) is 6.44. The summed E-state index contributed by atoms with van der Waals surface area (Å²) in [7, 11) is 0. The minimum absolute atomic E-state index is 0.225. The predicted octanol–water partition coefficient (Wildman–Crippen LogP) is 4.88. The number of para-hydroxylation sites is 1. The third kappa shape index (κ3) is 4.68. The molecule has 3 aromatic rings. The normalized spacial score (nSPS) is 11.6. The zero-order valence-corrected chi connectivity index (χ0v) is 16.0. The molecule has 0 unspecified atom stereocenters.